The van der Waals surface area contributed by atoms with Crippen LogP contribution < -0.4 is 5.32 Å². The Labute approximate surface area is 110 Å². The molecule has 0 saturated carbocycles. The minimum Gasteiger partial charge on any atom is -0.480 e. The van der Waals surface area contributed by atoms with E-state index >= 15 is 0 Å². The first-order valence-electron chi connectivity index (χ1n) is 6.26. The molecule has 0 radical (unpaired) electrons. The van der Waals surface area contributed by atoms with Crippen molar-refractivity contribution in [2.75, 3.05) is 11.9 Å². The largest absolute Gasteiger partial charge is 0.480 e. The van der Waals surface area contributed by atoms with Gasteiger partial charge in [0.05, 0.1) is 0 Å². The topological polar surface area (TPSA) is 52.6 Å². The third kappa shape index (κ3) is 2.08. The summed E-state index contributed by atoms with van der Waals surface area (Å²) < 4.78 is 0. The predicted molar refractivity (Wildman–Crippen MR) is 71.7 cm³/mol. The van der Waals surface area contributed by atoms with Gasteiger partial charge in [0.2, 0.25) is 0 Å². The highest BCUT2D eigenvalue weighted by atomic mass is 32.2. The SMILES string of the molecule is O=C(O)[C@@H]1CCCCN1C1Nc2ccccc2S1. The maximum Gasteiger partial charge on any atom is 0.321 e. The average molecular weight is 264 g/mol. The lowest BCUT2D eigenvalue weighted by Crippen LogP contribution is -2.50. The second-order valence-electron chi connectivity index (χ2n) is 4.70. The molecule has 2 aliphatic rings. The van der Waals surface area contributed by atoms with Crippen LogP contribution in [0.25, 0.3) is 0 Å². The fourth-order valence-electron chi connectivity index (χ4n) is 2.62. The summed E-state index contributed by atoms with van der Waals surface area (Å²) in [6.45, 7) is 0.857. The summed E-state index contributed by atoms with van der Waals surface area (Å²) in [6, 6.07) is 7.79. The minimum absolute atomic E-state index is 0.0591. The van der Waals surface area contributed by atoms with Crippen LogP contribution in [-0.4, -0.2) is 34.1 Å². The van der Waals surface area contributed by atoms with Crippen LogP contribution in [0.15, 0.2) is 29.2 Å². The molecule has 0 aliphatic carbocycles. The quantitative estimate of drug-likeness (QED) is 0.859. The number of hydrogen-bond donors (Lipinski definition) is 2. The molecule has 2 heterocycles. The van der Waals surface area contributed by atoms with E-state index in [-0.39, 0.29) is 11.5 Å². The van der Waals surface area contributed by atoms with Gasteiger partial charge in [-0.15, -0.1) is 0 Å². The van der Waals surface area contributed by atoms with Crippen molar-refractivity contribution in [1.29, 1.82) is 0 Å². The summed E-state index contributed by atoms with van der Waals surface area (Å²) in [5.74, 6) is -0.701. The zero-order chi connectivity index (χ0) is 12.5. The normalized spacial score (nSPS) is 27.6. The standard InChI is InChI=1S/C13H16N2O2S/c16-12(17)10-6-3-4-8-15(10)13-14-9-5-1-2-7-11(9)18-13/h1-2,5,7,10,13-14H,3-4,6,8H2,(H,16,17)/t10-,13?/m0/s1. The van der Waals surface area contributed by atoms with E-state index < -0.39 is 5.97 Å². The Balaban J connectivity index is 1.78. The lowest BCUT2D eigenvalue weighted by atomic mass is 10.0. The number of piperidine rings is 1. The van der Waals surface area contributed by atoms with Gasteiger partial charge in [0, 0.05) is 17.1 Å². The summed E-state index contributed by atoms with van der Waals surface area (Å²) in [4.78, 5) is 14.6. The van der Waals surface area contributed by atoms with Gasteiger partial charge in [-0.25, -0.2) is 0 Å². The van der Waals surface area contributed by atoms with Crippen LogP contribution in [0.2, 0.25) is 0 Å². The van der Waals surface area contributed by atoms with Crippen molar-refractivity contribution in [2.24, 2.45) is 0 Å². The Morgan fingerprint density at radius 2 is 2.22 bits per heavy atom. The Bertz CT molecular complexity index is 441. The Morgan fingerprint density at radius 3 is 3.00 bits per heavy atom. The van der Waals surface area contributed by atoms with Crippen molar-refractivity contribution >= 4 is 23.4 Å². The summed E-state index contributed by atoms with van der Waals surface area (Å²) >= 11 is 1.72. The van der Waals surface area contributed by atoms with Crippen LogP contribution in [0.3, 0.4) is 0 Å². The predicted octanol–water partition coefficient (Wildman–Crippen LogP) is 2.43. The molecule has 3 rings (SSSR count). The van der Waals surface area contributed by atoms with Crippen LogP contribution in [0.1, 0.15) is 19.3 Å². The molecule has 5 heteroatoms. The second kappa shape index (κ2) is 4.82. The zero-order valence-electron chi connectivity index (χ0n) is 10.0. The molecule has 4 nitrogen and oxygen atoms in total. The van der Waals surface area contributed by atoms with E-state index in [0.717, 1.165) is 31.5 Å². The molecular weight excluding hydrogens is 248 g/mol. The van der Waals surface area contributed by atoms with Crippen LogP contribution in [-0.2, 0) is 4.79 Å². The number of thioether (sulfide) groups is 1. The minimum atomic E-state index is -0.701. The van der Waals surface area contributed by atoms with E-state index in [9.17, 15) is 9.90 Å². The maximum absolute atomic E-state index is 11.3. The van der Waals surface area contributed by atoms with Gasteiger partial charge in [0.15, 0.2) is 0 Å². The molecule has 1 saturated heterocycles. The Kier molecular flexibility index (Phi) is 3.18. The third-order valence-electron chi connectivity index (χ3n) is 3.54. The van der Waals surface area contributed by atoms with E-state index in [2.05, 4.69) is 16.3 Å². The van der Waals surface area contributed by atoms with Gasteiger partial charge in [0.25, 0.3) is 0 Å². The number of hydrogen-bond acceptors (Lipinski definition) is 4. The molecule has 2 aliphatic heterocycles. The van der Waals surface area contributed by atoms with Crippen molar-refractivity contribution in [2.45, 2.75) is 35.7 Å². The van der Waals surface area contributed by atoms with Gasteiger partial charge in [-0.1, -0.05) is 30.3 Å². The van der Waals surface area contributed by atoms with Crippen LogP contribution >= 0.6 is 11.8 Å². The molecule has 2 atom stereocenters. The molecule has 0 bridgehead atoms. The van der Waals surface area contributed by atoms with E-state index in [1.807, 2.05) is 18.2 Å². The average Bonchev–Trinajstić information content (AvgIpc) is 2.82. The number of fused-ring (bicyclic) bond motifs is 1. The van der Waals surface area contributed by atoms with Gasteiger partial charge in [-0.05, 0) is 25.0 Å². The molecule has 0 spiro atoms. The summed E-state index contributed by atoms with van der Waals surface area (Å²) in [6.07, 6.45) is 2.85. The highest BCUT2D eigenvalue weighted by Crippen LogP contribution is 2.41. The van der Waals surface area contributed by atoms with Crippen molar-refractivity contribution in [3.63, 3.8) is 0 Å². The molecule has 96 valence electrons. The number of nitrogens with zero attached hydrogens (tertiary/aromatic N) is 1. The number of carbonyl (C=O) groups is 1. The molecule has 0 aromatic heterocycles. The third-order valence-corrected chi connectivity index (χ3v) is 4.76. The number of para-hydroxylation sites is 1. The fourth-order valence-corrected chi connectivity index (χ4v) is 3.85. The highest BCUT2D eigenvalue weighted by Gasteiger charge is 2.36. The monoisotopic (exact) mass is 264 g/mol. The molecule has 1 aromatic rings. The molecular formula is C13H16N2O2S. The fraction of sp³-hybridized carbons (Fsp3) is 0.462. The lowest BCUT2D eigenvalue weighted by molar-refractivity contribution is -0.144. The maximum atomic E-state index is 11.3. The number of rotatable bonds is 2. The summed E-state index contributed by atoms with van der Waals surface area (Å²) in [7, 11) is 0. The van der Waals surface area contributed by atoms with Crippen LogP contribution in [0.4, 0.5) is 5.69 Å². The second-order valence-corrected chi connectivity index (χ2v) is 5.82. The lowest BCUT2D eigenvalue weighted by Gasteiger charge is -2.36. The number of carboxylic acids is 1. The van der Waals surface area contributed by atoms with Crippen LogP contribution in [0.5, 0.6) is 0 Å². The molecule has 0 amide bonds. The number of aliphatic carboxylic acids is 1. The Morgan fingerprint density at radius 1 is 1.39 bits per heavy atom. The van der Waals surface area contributed by atoms with Gasteiger partial charge in [-0.2, -0.15) is 0 Å². The van der Waals surface area contributed by atoms with Crippen molar-refractivity contribution < 1.29 is 9.90 Å². The summed E-state index contributed by atoms with van der Waals surface area (Å²) in [5.41, 5.74) is 1.17. The first-order valence-corrected chi connectivity index (χ1v) is 7.14. The van der Waals surface area contributed by atoms with Crippen LogP contribution in [0, 0.1) is 0 Å². The number of likely N-dealkylation sites (tertiary alicyclic amines) is 1. The molecule has 1 fully saturated rings. The van der Waals surface area contributed by atoms with Crippen molar-refractivity contribution in [1.82, 2.24) is 4.90 Å². The number of anilines is 1. The smallest absolute Gasteiger partial charge is 0.321 e. The first-order chi connectivity index (χ1) is 8.75. The van der Waals surface area contributed by atoms with Crippen molar-refractivity contribution in [3.8, 4) is 0 Å². The summed E-state index contributed by atoms with van der Waals surface area (Å²) in [5, 5.41) is 12.7. The first kappa shape index (κ1) is 11.9. The van der Waals surface area contributed by atoms with Gasteiger partial charge in [0.1, 0.15) is 11.5 Å². The van der Waals surface area contributed by atoms with Crippen molar-refractivity contribution in [3.05, 3.63) is 24.3 Å². The number of carboxylic acid groups (broad SMARTS) is 1. The van der Waals surface area contributed by atoms with E-state index in [1.165, 1.54) is 4.90 Å². The highest BCUT2D eigenvalue weighted by molar-refractivity contribution is 8.00. The molecule has 18 heavy (non-hydrogen) atoms. The van der Waals surface area contributed by atoms with E-state index in [0.29, 0.717) is 0 Å². The van der Waals surface area contributed by atoms with E-state index in [4.69, 9.17) is 0 Å². The zero-order valence-corrected chi connectivity index (χ0v) is 10.8. The number of nitrogens with one attached hydrogen (secondary N) is 1. The Hall–Kier alpha value is -1.20. The molecule has 1 aromatic carbocycles. The van der Waals surface area contributed by atoms with Gasteiger partial charge in [-0.3, -0.25) is 9.69 Å². The van der Waals surface area contributed by atoms with E-state index in [1.54, 1.807) is 11.8 Å². The molecule has 2 N–H and O–H groups in total. The van der Waals surface area contributed by atoms with Gasteiger partial charge >= 0.3 is 5.97 Å². The molecule has 1 unspecified atom stereocenters. The number of benzene rings is 1. The van der Waals surface area contributed by atoms with Gasteiger partial charge < -0.3 is 10.4 Å².